The van der Waals surface area contributed by atoms with Crippen molar-refractivity contribution in [3.8, 4) is 0 Å². The van der Waals surface area contributed by atoms with Crippen molar-refractivity contribution in [1.82, 2.24) is 9.80 Å². The first-order valence-corrected chi connectivity index (χ1v) is 9.82. The highest BCUT2D eigenvalue weighted by molar-refractivity contribution is 9.10. The van der Waals surface area contributed by atoms with Crippen molar-refractivity contribution in [3.05, 3.63) is 64.6 Å². The van der Waals surface area contributed by atoms with Crippen LogP contribution in [0, 0.1) is 0 Å². The fourth-order valence-electron chi connectivity index (χ4n) is 2.94. The fourth-order valence-corrected chi connectivity index (χ4v) is 3.99. The minimum absolute atomic E-state index is 0.142. The predicted octanol–water partition coefficient (Wildman–Crippen LogP) is 4.06. The number of halogens is 1. The second-order valence-electron chi connectivity index (χ2n) is 6.02. The van der Waals surface area contributed by atoms with E-state index in [1.807, 2.05) is 47.4 Å². The van der Waals surface area contributed by atoms with Gasteiger partial charge in [0.25, 0.3) is 0 Å². The number of benzene rings is 2. The van der Waals surface area contributed by atoms with Gasteiger partial charge < -0.3 is 9.80 Å². The van der Waals surface area contributed by atoms with Gasteiger partial charge in [0.1, 0.15) is 0 Å². The number of amides is 1. The Kier molecular flexibility index (Phi) is 5.98. The molecule has 1 heterocycles. The van der Waals surface area contributed by atoms with E-state index in [4.69, 9.17) is 0 Å². The summed E-state index contributed by atoms with van der Waals surface area (Å²) < 4.78 is 1.06. The van der Waals surface area contributed by atoms with Crippen molar-refractivity contribution >= 4 is 33.6 Å². The topological polar surface area (TPSA) is 23.6 Å². The highest BCUT2D eigenvalue weighted by Gasteiger charge is 2.29. The summed E-state index contributed by atoms with van der Waals surface area (Å²) in [6, 6.07) is 18.6. The lowest BCUT2D eigenvalue weighted by molar-refractivity contribution is -0.133. The van der Waals surface area contributed by atoms with Crippen LogP contribution in [0.3, 0.4) is 0 Å². The summed E-state index contributed by atoms with van der Waals surface area (Å²) in [6.07, 6.45) is 0. The molecule has 0 spiro atoms. The molecule has 1 fully saturated rings. The molecule has 0 aromatic heterocycles. The zero-order valence-corrected chi connectivity index (χ0v) is 16.1. The van der Waals surface area contributed by atoms with Gasteiger partial charge in [-0.3, -0.25) is 4.79 Å². The molecule has 126 valence electrons. The number of carbonyl (C=O) groups is 1. The summed E-state index contributed by atoms with van der Waals surface area (Å²) in [7, 11) is 2.12. The normalized spacial score (nSPS) is 18.6. The smallest absolute Gasteiger partial charge is 0.233 e. The third-order valence-electron chi connectivity index (χ3n) is 4.26. The Hall–Kier alpha value is -1.30. The van der Waals surface area contributed by atoms with Gasteiger partial charge in [0.05, 0.1) is 11.8 Å². The van der Waals surface area contributed by atoms with Crippen molar-refractivity contribution in [2.45, 2.75) is 10.9 Å². The minimum atomic E-state index is 0.142. The maximum atomic E-state index is 12.8. The highest BCUT2D eigenvalue weighted by Crippen LogP contribution is 2.27. The van der Waals surface area contributed by atoms with E-state index >= 15 is 0 Å². The van der Waals surface area contributed by atoms with Gasteiger partial charge in [-0.1, -0.05) is 46.3 Å². The van der Waals surface area contributed by atoms with E-state index in [9.17, 15) is 4.79 Å². The standard InChI is InChI=1S/C19H21BrN2OS/c1-21-11-12-22(18(13-21)15-5-3-2-4-6-15)19(23)14-24-17-9-7-16(20)8-10-17/h2-10,18H,11-14H2,1H3/t18-/m0/s1. The SMILES string of the molecule is CN1CCN(C(=O)CSc2ccc(Br)cc2)[C@H](c2ccccc2)C1. The lowest BCUT2D eigenvalue weighted by atomic mass is 10.0. The molecule has 5 heteroatoms. The Morgan fingerprint density at radius 3 is 2.54 bits per heavy atom. The first-order valence-electron chi connectivity index (χ1n) is 8.05. The molecule has 24 heavy (non-hydrogen) atoms. The van der Waals surface area contributed by atoms with Crippen molar-refractivity contribution in [1.29, 1.82) is 0 Å². The zero-order valence-electron chi connectivity index (χ0n) is 13.7. The van der Waals surface area contributed by atoms with Gasteiger partial charge in [-0.05, 0) is 36.9 Å². The van der Waals surface area contributed by atoms with Gasteiger partial charge in [-0.2, -0.15) is 0 Å². The second-order valence-corrected chi connectivity index (χ2v) is 7.98. The Bertz CT molecular complexity index is 678. The number of nitrogens with zero attached hydrogens (tertiary/aromatic N) is 2. The van der Waals surface area contributed by atoms with Crippen LogP contribution in [0.1, 0.15) is 11.6 Å². The maximum Gasteiger partial charge on any atom is 0.233 e. The minimum Gasteiger partial charge on any atom is -0.332 e. The van der Waals surface area contributed by atoms with E-state index in [1.54, 1.807) is 11.8 Å². The van der Waals surface area contributed by atoms with Gasteiger partial charge in [-0.15, -0.1) is 11.8 Å². The number of piperazine rings is 1. The summed E-state index contributed by atoms with van der Waals surface area (Å²) in [5.74, 6) is 0.694. The Balaban J connectivity index is 1.68. The van der Waals surface area contributed by atoms with Gasteiger partial charge in [0.2, 0.25) is 5.91 Å². The number of hydrogen-bond acceptors (Lipinski definition) is 3. The molecule has 1 atom stereocenters. The van der Waals surface area contributed by atoms with E-state index in [0.717, 1.165) is 29.0 Å². The van der Waals surface area contributed by atoms with Crippen LogP contribution < -0.4 is 0 Å². The van der Waals surface area contributed by atoms with Crippen LogP contribution in [-0.2, 0) is 4.79 Å². The number of hydrogen-bond donors (Lipinski definition) is 0. The lowest BCUT2D eigenvalue weighted by Gasteiger charge is -2.40. The van der Waals surface area contributed by atoms with Crippen molar-refractivity contribution in [2.75, 3.05) is 32.4 Å². The average molecular weight is 405 g/mol. The molecule has 1 aliphatic rings. The maximum absolute atomic E-state index is 12.8. The molecule has 0 radical (unpaired) electrons. The lowest BCUT2D eigenvalue weighted by Crippen LogP contribution is -2.49. The van der Waals surface area contributed by atoms with Crippen LogP contribution in [0.5, 0.6) is 0 Å². The molecular formula is C19H21BrN2OS. The molecule has 0 saturated carbocycles. The van der Waals surface area contributed by atoms with Crippen molar-refractivity contribution < 1.29 is 4.79 Å². The molecular weight excluding hydrogens is 384 g/mol. The molecule has 3 nitrogen and oxygen atoms in total. The summed E-state index contributed by atoms with van der Waals surface area (Å²) in [5.41, 5.74) is 1.21. The first-order chi connectivity index (χ1) is 11.6. The van der Waals surface area contributed by atoms with Crippen LogP contribution in [0.25, 0.3) is 0 Å². The van der Waals surface area contributed by atoms with Crippen LogP contribution in [0.15, 0.2) is 64.0 Å². The zero-order chi connectivity index (χ0) is 16.9. The molecule has 0 unspecified atom stereocenters. The number of carbonyl (C=O) groups excluding carboxylic acids is 1. The molecule has 2 aromatic rings. The van der Waals surface area contributed by atoms with Gasteiger partial charge in [0.15, 0.2) is 0 Å². The Morgan fingerprint density at radius 2 is 1.83 bits per heavy atom. The summed E-state index contributed by atoms with van der Waals surface area (Å²) >= 11 is 5.04. The van der Waals surface area contributed by atoms with Crippen molar-refractivity contribution in [2.24, 2.45) is 0 Å². The molecule has 1 aliphatic heterocycles. The van der Waals surface area contributed by atoms with Crippen molar-refractivity contribution in [3.63, 3.8) is 0 Å². The van der Waals surface area contributed by atoms with Gasteiger partial charge in [0, 0.05) is 29.0 Å². The molecule has 1 saturated heterocycles. The van der Waals surface area contributed by atoms with E-state index < -0.39 is 0 Å². The van der Waals surface area contributed by atoms with Crippen LogP contribution in [0.4, 0.5) is 0 Å². The quantitative estimate of drug-likeness (QED) is 0.717. The monoisotopic (exact) mass is 404 g/mol. The Labute approximate surface area is 156 Å². The third-order valence-corrected chi connectivity index (χ3v) is 5.79. The van der Waals surface area contributed by atoms with Crippen LogP contribution in [0.2, 0.25) is 0 Å². The molecule has 2 aromatic carbocycles. The molecule has 0 aliphatic carbocycles. The largest absolute Gasteiger partial charge is 0.332 e. The summed E-state index contributed by atoms with van der Waals surface area (Å²) in [4.78, 5) is 18.3. The number of likely N-dealkylation sites (N-methyl/N-ethyl adjacent to an activating group) is 1. The van der Waals surface area contributed by atoms with Gasteiger partial charge in [-0.25, -0.2) is 0 Å². The predicted molar refractivity (Wildman–Crippen MR) is 103 cm³/mol. The van der Waals surface area contributed by atoms with Crippen LogP contribution >= 0.6 is 27.7 Å². The van der Waals surface area contributed by atoms with E-state index in [1.165, 1.54) is 5.56 Å². The highest BCUT2D eigenvalue weighted by atomic mass is 79.9. The molecule has 3 rings (SSSR count). The Morgan fingerprint density at radius 1 is 1.12 bits per heavy atom. The fraction of sp³-hybridized carbons (Fsp3) is 0.316. The second kappa shape index (κ2) is 8.19. The molecule has 0 bridgehead atoms. The summed E-state index contributed by atoms with van der Waals surface area (Å²) in [5, 5.41) is 0. The number of thioether (sulfide) groups is 1. The van der Waals surface area contributed by atoms with E-state index in [2.05, 4.69) is 40.0 Å². The average Bonchev–Trinajstić information content (AvgIpc) is 2.61. The molecule has 1 amide bonds. The van der Waals surface area contributed by atoms with E-state index in [-0.39, 0.29) is 11.9 Å². The van der Waals surface area contributed by atoms with Crippen LogP contribution in [-0.4, -0.2) is 48.1 Å². The van der Waals surface area contributed by atoms with Gasteiger partial charge >= 0.3 is 0 Å². The van der Waals surface area contributed by atoms with E-state index in [0.29, 0.717) is 5.75 Å². The summed E-state index contributed by atoms with van der Waals surface area (Å²) in [6.45, 7) is 2.60. The first kappa shape index (κ1) is 17.5. The molecule has 0 N–H and O–H groups in total. The third kappa shape index (κ3) is 4.41. The number of rotatable bonds is 4.